The number of thiophene rings is 1. The largest absolute Gasteiger partial charge is 0.351 e. The van der Waals surface area contributed by atoms with Gasteiger partial charge in [-0.2, -0.15) is 0 Å². The zero-order valence-electron chi connectivity index (χ0n) is 10.1. The molecule has 94 valence electrons. The Balaban J connectivity index is 1.60. The van der Waals surface area contributed by atoms with Gasteiger partial charge in [-0.25, -0.2) is 0 Å². The molecule has 2 aromatic rings. The summed E-state index contributed by atoms with van der Waals surface area (Å²) in [5, 5.41) is 9.34. The average Bonchev–Trinajstić information content (AvgIpc) is 3.11. The van der Waals surface area contributed by atoms with E-state index in [4.69, 9.17) is 0 Å². The molecule has 1 aliphatic carbocycles. The van der Waals surface area contributed by atoms with Crippen molar-refractivity contribution in [3.05, 3.63) is 35.2 Å². The van der Waals surface area contributed by atoms with E-state index in [1.807, 2.05) is 29.6 Å². The highest BCUT2D eigenvalue weighted by Gasteiger charge is 2.19. The molecule has 1 heterocycles. The molecule has 2 N–H and O–H groups in total. The fraction of sp³-hybridized carbons (Fsp3) is 0.357. The molecule has 4 heteroatoms. The standard InChI is InChI=1S/C14H16N2OS/c17-14(16-8-7-15-10-5-6-10)12-9-18-13-4-2-1-3-11(12)13/h1-4,9-10,15H,5-8H2,(H,16,17). The molecule has 0 unspecified atom stereocenters. The van der Waals surface area contributed by atoms with Crippen molar-refractivity contribution < 1.29 is 4.79 Å². The lowest BCUT2D eigenvalue weighted by atomic mass is 10.1. The number of benzene rings is 1. The molecule has 0 spiro atoms. The summed E-state index contributed by atoms with van der Waals surface area (Å²) in [5.41, 5.74) is 0.794. The van der Waals surface area contributed by atoms with Gasteiger partial charge >= 0.3 is 0 Å². The molecule has 1 aromatic heterocycles. The Morgan fingerprint density at radius 2 is 2.11 bits per heavy atom. The van der Waals surface area contributed by atoms with Gasteiger partial charge in [0, 0.05) is 34.6 Å². The normalized spacial score (nSPS) is 14.9. The van der Waals surface area contributed by atoms with Crippen molar-refractivity contribution in [2.75, 3.05) is 13.1 Å². The molecule has 0 aliphatic heterocycles. The highest BCUT2D eigenvalue weighted by molar-refractivity contribution is 7.17. The predicted molar refractivity (Wildman–Crippen MR) is 75.2 cm³/mol. The van der Waals surface area contributed by atoms with Crippen LogP contribution in [0.5, 0.6) is 0 Å². The van der Waals surface area contributed by atoms with Crippen molar-refractivity contribution in [3.8, 4) is 0 Å². The van der Waals surface area contributed by atoms with Gasteiger partial charge in [0.1, 0.15) is 0 Å². The molecular formula is C14H16N2OS. The lowest BCUT2D eigenvalue weighted by Gasteiger charge is -2.05. The van der Waals surface area contributed by atoms with Crippen LogP contribution in [0.4, 0.5) is 0 Å². The predicted octanol–water partition coefficient (Wildman–Crippen LogP) is 2.38. The molecule has 18 heavy (non-hydrogen) atoms. The van der Waals surface area contributed by atoms with Gasteiger partial charge in [-0.3, -0.25) is 4.79 Å². The quantitative estimate of drug-likeness (QED) is 0.810. The maximum absolute atomic E-state index is 12.0. The van der Waals surface area contributed by atoms with E-state index in [2.05, 4.69) is 10.6 Å². The Bertz CT molecular complexity index is 560. The molecule has 3 nitrogen and oxygen atoms in total. The summed E-state index contributed by atoms with van der Waals surface area (Å²) in [5.74, 6) is 0.0325. The smallest absolute Gasteiger partial charge is 0.252 e. The number of carbonyl (C=O) groups is 1. The maximum atomic E-state index is 12.0. The van der Waals surface area contributed by atoms with E-state index in [1.165, 1.54) is 17.5 Å². The van der Waals surface area contributed by atoms with Crippen LogP contribution >= 0.6 is 11.3 Å². The van der Waals surface area contributed by atoms with Gasteiger partial charge in [0.15, 0.2) is 0 Å². The molecule has 1 saturated carbocycles. The summed E-state index contributed by atoms with van der Waals surface area (Å²) in [7, 11) is 0. The summed E-state index contributed by atoms with van der Waals surface area (Å²) >= 11 is 1.62. The van der Waals surface area contributed by atoms with Gasteiger partial charge < -0.3 is 10.6 Å². The molecule has 1 aromatic carbocycles. The van der Waals surface area contributed by atoms with Crippen molar-refractivity contribution in [3.63, 3.8) is 0 Å². The van der Waals surface area contributed by atoms with Crippen molar-refractivity contribution in [2.45, 2.75) is 18.9 Å². The van der Waals surface area contributed by atoms with Gasteiger partial charge in [-0.15, -0.1) is 11.3 Å². The van der Waals surface area contributed by atoms with Crippen LogP contribution in [-0.2, 0) is 0 Å². The average molecular weight is 260 g/mol. The highest BCUT2D eigenvalue weighted by Crippen LogP contribution is 2.25. The lowest BCUT2D eigenvalue weighted by molar-refractivity contribution is 0.0956. The van der Waals surface area contributed by atoms with Crippen LogP contribution in [0.1, 0.15) is 23.2 Å². The Morgan fingerprint density at radius 3 is 2.94 bits per heavy atom. The topological polar surface area (TPSA) is 41.1 Å². The van der Waals surface area contributed by atoms with E-state index in [9.17, 15) is 4.79 Å². The van der Waals surface area contributed by atoms with E-state index in [-0.39, 0.29) is 5.91 Å². The summed E-state index contributed by atoms with van der Waals surface area (Å²) < 4.78 is 1.17. The number of amides is 1. The first-order valence-electron chi connectivity index (χ1n) is 6.32. The monoisotopic (exact) mass is 260 g/mol. The Morgan fingerprint density at radius 1 is 1.28 bits per heavy atom. The van der Waals surface area contributed by atoms with Crippen molar-refractivity contribution in [1.29, 1.82) is 0 Å². The van der Waals surface area contributed by atoms with E-state index in [0.29, 0.717) is 12.6 Å². The van der Waals surface area contributed by atoms with Gasteiger partial charge in [0.25, 0.3) is 5.91 Å². The third-order valence-corrected chi connectivity index (χ3v) is 4.11. The number of fused-ring (bicyclic) bond motifs is 1. The molecule has 1 aliphatic rings. The van der Waals surface area contributed by atoms with E-state index >= 15 is 0 Å². The minimum absolute atomic E-state index is 0.0325. The third-order valence-electron chi connectivity index (χ3n) is 3.15. The van der Waals surface area contributed by atoms with Gasteiger partial charge in [-0.05, 0) is 18.9 Å². The van der Waals surface area contributed by atoms with Crippen molar-refractivity contribution >= 4 is 27.3 Å². The minimum atomic E-state index is 0.0325. The second-order valence-corrected chi connectivity index (χ2v) is 5.54. The van der Waals surface area contributed by atoms with Crippen LogP contribution in [0.15, 0.2) is 29.6 Å². The Labute approximate surface area is 110 Å². The zero-order valence-corrected chi connectivity index (χ0v) is 10.9. The SMILES string of the molecule is O=C(NCCNC1CC1)c1csc2ccccc12. The van der Waals surface area contributed by atoms with E-state index < -0.39 is 0 Å². The summed E-state index contributed by atoms with van der Waals surface area (Å²) in [6, 6.07) is 8.72. The fourth-order valence-electron chi connectivity index (χ4n) is 1.99. The number of hydrogen-bond donors (Lipinski definition) is 2. The molecular weight excluding hydrogens is 244 g/mol. The molecule has 1 amide bonds. The van der Waals surface area contributed by atoms with Crippen molar-refractivity contribution in [1.82, 2.24) is 10.6 Å². The molecule has 1 fully saturated rings. The number of nitrogens with one attached hydrogen (secondary N) is 2. The first kappa shape index (κ1) is 11.7. The number of rotatable bonds is 5. The van der Waals surface area contributed by atoms with E-state index in [0.717, 1.165) is 17.5 Å². The van der Waals surface area contributed by atoms with Gasteiger partial charge in [0.2, 0.25) is 0 Å². The Hall–Kier alpha value is -1.39. The van der Waals surface area contributed by atoms with Crippen LogP contribution in [-0.4, -0.2) is 25.0 Å². The van der Waals surface area contributed by atoms with Crippen LogP contribution in [0.25, 0.3) is 10.1 Å². The molecule has 3 rings (SSSR count). The first-order chi connectivity index (χ1) is 8.84. The maximum Gasteiger partial charge on any atom is 0.252 e. The summed E-state index contributed by atoms with van der Waals surface area (Å²) in [6.07, 6.45) is 2.56. The number of carbonyl (C=O) groups excluding carboxylic acids is 1. The molecule has 0 saturated heterocycles. The highest BCUT2D eigenvalue weighted by atomic mass is 32.1. The van der Waals surface area contributed by atoms with Gasteiger partial charge in [0.05, 0.1) is 5.56 Å². The second-order valence-electron chi connectivity index (χ2n) is 4.63. The summed E-state index contributed by atoms with van der Waals surface area (Å²) in [4.78, 5) is 12.0. The first-order valence-corrected chi connectivity index (χ1v) is 7.20. The minimum Gasteiger partial charge on any atom is -0.351 e. The van der Waals surface area contributed by atoms with E-state index in [1.54, 1.807) is 11.3 Å². The van der Waals surface area contributed by atoms with Crippen LogP contribution < -0.4 is 10.6 Å². The summed E-state index contributed by atoms with van der Waals surface area (Å²) in [6.45, 7) is 1.55. The molecule has 0 radical (unpaired) electrons. The van der Waals surface area contributed by atoms with Gasteiger partial charge in [-0.1, -0.05) is 18.2 Å². The van der Waals surface area contributed by atoms with Crippen LogP contribution in [0.3, 0.4) is 0 Å². The molecule has 0 atom stereocenters. The van der Waals surface area contributed by atoms with Crippen LogP contribution in [0, 0.1) is 0 Å². The zero-order chi connectivity index (χ0) is 12.4. The fourth-order valence-corrected chi connectivity index (χ4v) is 2.93. The Kier molecular flexibility index (Phi) is 3.30. The number of hydrogen-bond acceptors (Lipinski definition) is 3. The van der Waals surface area contributed by atoms with Crippen molar-refractivity contribution in [2.24, 2.45) is 0 Å². The third kappa shape index (κ3) is 2.54. The van der Waals surface area contributed by atoms with Crippen LogP contribution in [0.2, 0.25) is 0 Å². The molecule has 0 bridgehead atoms. The second kappa shape index (κ2) is 5.08. The lowest BCUT2D eigenvalue weighted by Crippen LogP contribution is -2.32.